The van der Waals surface area contributed by atoms with Crippen molar-refractivity contribution in [3.05, 3.63) is 89.3 Å². The Bertz CT molecular complexity index is 1630. The number of nitrogens with zero attached hydrogens (tertiary/aromatic N) is 5. The first-order valence-corrected chi connectivity index (χ1v) is 13.3. The van der Waals surface area contributed by atoms with Crippen LogP contribution in [0.1, 0.15) is 33.3 Å². The predicted octanol–water partition coefficient (Wildman–Crippen LogP) is 3.57. The number of para-hydroxylation sites is 1. The molecule has 2 amide bonds. The first-order valence-electron chi connectivity index (χ1n) is 13.3. The molecule has 1 saturated heterocycles. The number of cyclic esters (lactones) is 1. The topological polar surface area (TPSA) is 133 Å². The highest BCUT2D eigenvalue weighted by molar-refractivity contribution is 5.93. The van der Waals surface area contributed by atoms with Gasteiger partial charge in [0.1, 0.15) is 18.5 Å². The van der Waals surface area contributed by atoms with Crippen molar-refractivity contribution in [1.29, 1.82) is 0 Å². The van der Waals surface area contributed by atoms with Crippen molar-refractivity contribution in [3.8, 4) is 16.9 Å². The van der Waals surface area contributed by atoms with Gasteiger partial charge in [0, 0.05) is 49.3 Å². The maximum absolute atomic E-state index is 13.9. The van der Waals surface area contributed by atoms with Crippen molar-refractivity contribution >= 4 is 17.8 Å². The third-order valence-electron chi connectivity index (χ3n) is 7.12. The Morgan fingerprint density at radius 1 is 1.17 bits per heavy atom. The second-order valence-corrected chi connectivity index (χ2v) is 9.90. The second-order valence-electron chi connectivity index (χ2n) is 9.90. The van der Waals surface area contributed by atoms with E-state index in [0.29, 0.717) is 59.2 Å². The lowest BCUT2D eigenvalue weighted by molar-refractivity contribution is -0.154. The van der Waals surface area contributed by atoms with Crippen LogP contribution in [-0.4, -0.2) is 69.7 Å². The Balaban J connectivity index is 1.29. The highest BCUT2D eigenvalue weighted by atomic mass is 19.1. The number of carbonyl (C=O) groups excluding carboxylic acids is 2. The van der Waals surface area contributed by atoms with Gasteiger partial charge in [0.25, 0.3) is 0 Å². The summed E-state index contributed by atoms with van der Waals surface area (Å²) in [6.07, 6.45) is 2.30. The molecule has 0 spiro atoms. The van der Waals surface area contributed by atoms with Crippen molar-refractivity contribution in [2.75, 3.05) is 32.1 Å². The van der Waals surface area contributed by atoms with Crippen LogP contribution in [-0.2, 0) is 20.9 Å². The Labute approximate surface area is 240 Å². The van der Waals surface area contributed by atoms with Gasteiger partial charge in [-0.3, -0.25) is 10.2 Å². The molecule has 2 aliphatic rings. The molecule has 12 nitrogen and oxygen atoms in total. The van der Waals surface area contributed by atoms with Gasteiger partial charge in [-0.25, -0.2) is 24.2 Å². The number of hydroxylamine groups is 2. The number of hydrogen-bond donors (Lipinski definition) is 2. The third-order valence-corrected chi connectivity index (χ3v) is 7.12. The number of ether oxygens (including phenoxy) is 2. The summed E-state index contributed by atoms with van der Waals surface area (Å²) >= 11 is 0. The van der Waals surface area contributed by atoms with Crippen LogP contribution in [0.25, 0.3) is 16.9 Å². The fourth-order valence-corrected chi connectivity index (χ4v) is 5.07. The lowest BCUT2D eigenvalue weighted by Crippen LogP contribution is -2.42. The number of fused-ring (bicyclic) bond motifs is 1. The number of methoxy groups -OCH3 is 1. The van der Waals surface area contributed by atoms with Crippen LogP contribution in [0.5, 0.6) is 0 Å². The summed E-state index contributed by atoms with van der Waals surface area (Å²) in [4.78, 5) is 39.3. The Kier molecular flexibility index (Phi) is 7.61. The fourth-order valence-electron chi connectivity index (χ4n) is 5.07. The normalized spacial score (nSPS) is 18.1. The van der Waals surface area contributed by atoms with Crippen LogP contribution in [0.2, 0.25) is 0 Å². The monoisotopic (exact) mass is 573 g/mol. The number of benzene rings is 1. The zero-order chi connectivity index (χ0) is 29.2. The third kappa shape index (κ3) is 5.44. The first-order chi connectivity index (χ1) is 20.4. The summed E-state index contributed by atoms with van der Waals surface area (Å²) < 4.78 is 25.9. The van der Waals surface area contributed by atoms with Crippen molar-refractivity contribution in [1.82, 2.24) is 30.1 Å². The molecule has 0 unspecified atom stereocenters. The molecular formula is C29H28FN7O5. The second kappa shape index (κ2) is 11.6. The lowest BCUT2D eigenvalue weighted by atomic mass is 10.0. The average molecular weight is 574 g/mol. The van der Waals surface area contributed by atoms with Gasteiger partial charge in [-0.05, 0) is 42.8 Å². The molecule has 42 heavy (non-hydrogen) atoms. The van der Waals surface area contributed by atoms with Gasteiger partial charge >= 0.3 is 12.0 Å². The molecule has 1 aromatic carbocycles. The van der Waals surface area contributed by atoms with Crippen molar-refractivity contribution < 1.29 is 28.3 Å². The van der Waals surface area contributed by atoms with E-state index in [-0.39, 0.29) is 6.61 Å². The van der Waals surface area contributed by atoms with Crippen molar-refractivity contribution in [2.45, 2.75) is 25.7 Å². The number of urea groups is 1. The SMILES string of the molecule is COCCN1C[C@@H](NC(=O)Nc2c(C)c(-c3cnc4c(c3)COC4=O)nn2-c2ccccc2)[C@H](c2ccnc(F)c2)O1. The van der Waals surface area contributed by atoms with Gasteiger partial charge in [0.15, 0.2) is 5.69 Å². The number of pyridine rings is 2. The number of nitrogens with one attached hydrogen (secondary N) is 2. The zero-order valence-electron chi connectivity index (χ0n) is 22.9. The van der Waals surface area contributed by atoms with Crippen LogP contribution < -0.4 is 10.6 Å². The van der Waals surface area contributed by atoms with Gasteiger partial charge in [-0.1, -0.05) is 18.2 Å². The van der Waals surface area contributed by atoms with Gasteiger partial charge in [-0.15, -0.1) is 0 Å². The first kappa shape index (κ1) is 27.4. The van der Waals surface area contributed by atoms with Crippen LogP contribution >= 0.6 is 0 Å². The van der Waals surface area contributed by atoms with Crippen molar-refractivity contribution in [2.24, 2.45) is 0 Å². The largest absolute Gasteiger partial charge is 0.456 e. The standard InChI is InChI=1S/C29H28FN7O5/c1-17-24(19-12-20-16-41-28(38)25(20)32-14-19)35-37(21-6-4-3-5-7-21)27(17)34-29(39)33-22-15-36(10-11-40-2)42-26(22)18-8-9-31-23(30)13-18/h3-9,12-14,22,26H,10-11,15-16H2,1-2H3,(H2,33,34,39)/t22-,26+/m1/s1. The summed E-state index contributed by atoms with van der Waals surface area (Å²) in [6.45, 7) is 3.24. The molecule has 216 valence electrons. The van der Waals surface area contributed by atoms with Gasteiger partial charge in [-0.2, -0.15) is 14.6 Å². The summed E-state index contributed by atoms with van der Waals surface area (Å²) in [6, 6.07) is 13.2. The average Bonchev–Trinajstić information content (AvgIpc) is 3.67. The number of hydrogen-bond acceptors (Lipinski definition) is 9. The van der Waals surface area contributed by atoms with Crippen LogP contribution in [0.3, 0.4) is 0 Å². The summed E-state index contributed by atoms with van der Waals surface area (Å²) in [5.74, 6) is -0.642. The number of anilines is 1. The molecule has 2 aliphatic heterocycles. The summed E-state index contributed by atoms with van der Waals surface area (Å²) in [5, 5.41) is 12.4. The highest BCUT2D eigenvalue weighted by Gasteiger charge is 2.37. The van der Waals surface area contributed by atoms with E-state index in [9.17, 15) is 14.0 Å². The number of rotatable bonds is 8. The summed E-state index contributed by atoms with van der Waals surface area (Å²) in [5.41, 5.74) is 4.21. The number of halogens is 1. The van der Waals surface area contributed by atoms with Crippen LogP contribution in [0.4, 0.5) is 15.0 Å². The molecule has 2 N–H and O–H groups in total. The molecule has 4 aromatic rings. The zero-order valence-corrected chi connectivity index (χ0v) is 22.9. The molecule has 1 fully saturated rings. The molecule has 2 atom stereocenters. The lowest BCUT2D eigenvalue weighted by Gasteiger charge is -2.19. The molecular weight excluding hydrogens is 545 g/mol. The number of amides is 2. The summed E-state index contributed by atoms with van der Waals surface area (Å²) in [7, 11) is 1.59. The van der Waals surface area contributed by atoms with Crippen LogP contribution in [0.15, 0.2) is 60.9 Å². The Morgan fingerprint density at radius 3 is 2.79 bits per heavy atom. The molecule has 0 aliphatic carbocycles. The Morgan fingerprint density at radius 2 is 2.00 bits per heavy atom. The molecule has 0 radical (unpaired) electrons. The molecule has 0 bridgehead atoms. The minimum atomic E-state index is -0.637. The predicted molar refractivity (Wildman–Crippen MR) is 148 cm³/mol. The van der Waals surface area contributed by atoms with E-state index in [0.717, 1.165) is 5.69 Å². The Hall–Kier alpha value is -4.72. The van der Waals surface area contributed by atoms with E-state index in [1.54, 1.807) is 29.1 Å². The van der Waals surface area contributed by atoms with E-state index in [2.05, 4.69) is 20.6 Å². The van der Waals surface area contributed by atoms with E-state index >= 15 is 0 Å². The number of esters is 1. The number of carbonyl (C=O) groups is 2. The quantitative estimate of drug-likeness (QED) is 0.240. The van der Waals surface area contributed by atoms with E-state index < -0.39 is 30.1 Å². The van der Waals surface area contributed by atoms with E-state index in [1.807, 2.05) is 43.3 Å². The molecule has 6 rings (SSSR count). The van der Waals surface area contributed by atoms with Gasteiger partial charge in [0.2, 0.25) is 5.95 Å². The smallest absolute Gasteiger partial charge is 0.357 e. The van der Waals surface area contributed by atoms with Gasteiger partial charge in [0.05, 0.1) is 24.0 Å². The maximum atomic E-state index is 13.9. The van der Waals surface area contributed by atoms with E-state index in [1.165, 1.54) is 12.3 Å². The van der Waals surface area contributed by atoms with E-state index in [4.69, 9.17) is 19.4 Å². The minimum absolute atomic E-state index is 0.147. The minimum Gasteiger partial charge on any atom is -0.456 e. The van der Waals surface area contributed by atoms with Crippen LogP contribution in [0, 0.1) is 12.9 Å². The molecule has 0 saturated carbocycles. The molecule has 5 heterocycles. The number of aromatic nitrogens is 4. The molecule has 3 aromatic heterocycles. The maximum Gasteiger partial charge on any atom is 0.357 e. The van der Waals surface area contributed by atoms with Gasteiger partial charge < -0.3 is 14.8 Å². The highest BCUT2D eigenvalue weighted by Crippen LogP contribution is 2.33. The fraction of sp³-hybridized carbons (Fsp3) is 0.276. The van der Waals surface area contributed by atoms with Crippen molar-refractivity contribution in [3.63, 3.8) is 0 Å². The molecule has 13 heteroatoms.